The topological polar surface area (TPSA) is 49.4 Å². The molecule has 2 atom stereocenters. The number of carbonyl (C=O) groups excluding carboxylic acids is 2. The molecule has 0 spiro atoms. The van der Waals surface area contributed by atoms with Gasteiger partial charge in [0.1, 0.15) is 0 Å². The molecule has 0 bridgehead atoms. The molecule has 1 N–H and O–H groups in total. The van der Waals surface area contributed by atoms with Gasteiger partial charge in [-0.1, -0.05) is 19.3 Å². The van der Waals surface area contributed by atoms with Crippen molar-refractivity contribution >= 4 is 11.8 Å². The minimum atomic E-state index is -4.22. The molecule has 1 saturated carbocycles. The summed E-state index contributed by atoms with van der Waals surface area (Å²) >= 11 is 0. The Balaban J connectivity index is 1.71. The number of nitrogens with zero attached hydrogens (tertiary/aromatic N) is 1. The molecule has 2 amide bonds. The highest BCUT2D eigenvalue weighted by molar-refractivity contribution is 5.80. The second kappa shape index (κ2) is 8.72. The molecule has 1 aliphatic heterocycles. The largest absolute Gasteiger partial charge is 0.391 e. The quantitative estimate of drug-likeness (QED) is 0.848. The number of alkyl halides is 3. The van der Waals surface area contributed by atoms with Gasteiger partial charge < -0.3 is 10.2 Å². The normalized spacial score (nSPS) is 25.9. The first kappa shape index (κ1) is 19.1. The zero-order chi connectivity index (χ0) is 17.6. The van der Waals surface area contributed by atoms with Gasteiger partial charge in [-0.2, -0.15) is 13.2 Å². The first-order valence-corrected chi connectivity index (χ1v) is 9.00. The lowest BCUT2D eigenvalue weighted by Gasteiger charge is -2.29. The van der Waals surface area contributed by atoms with Crippen LogP contribution in [0.5, 0.6) is 0 Å². The average Bonchev–Trinajstić information content (AvgIpc) is 2.83. The summed E-state index contributed by atoms with van der Waals surface area (Å²) in [4.78, 5) is 26.0. The standard InChI is InChI=1S/C17H27F3N2O2/c18-17(19,20)14-7-5-6-13(12-14)16(24)21-9-8-15(23)22-10-3-1-2-4-11-22/h13-14H,1-12H2,(H,21,24)/t13-,14-/m0/s1. The monoisotopic (exact) mass is 348 g/mol. The molecule has 24 heavy (non-hydrogen) atoms. The van der Waals surface area contributed by atoms with Crippen LogP contribution in [0.15, 0.2) is 0 Å². The van der Waals surface area contributed by atoms with E-state index >= 15 is 0 Å². The Hall–Kier alpha value is -1.27. The predicted octanol–water partition coefficient (Wildman–Crippen LogP) is 3.26. The highest BCUT2D eigenvalue weighted by atomic mass is 19.4. The minimum Gasteiger partial charge on any atom is -0.355 e. The molecule has 1 saturated heterocycles. The lowest BCUT2D eigenvalue weighted by molar-refractivity contribution is -0.186. The maximum Gasteiger partial charge on any atom is 0.391 e. The zero-order valence-corrected chi connectivity index (χ0v) is 14.0. The van der Waals surface area contributed by atoms with Crippen LogP contribution < -0.4 is 5.32 Å². The van der Waals surface area contributed by atoms with E-state index < -0.39 is 18.0 Å². The third-order valence-corrected chi connectivity index (χ3v) is 5.10. The van der Waals surface area contributed by atoms with E-state index in [1.165, 1.54) is 0 Å². The van der Waals surface area contributed by atoms with Crippen LogP contribution in [-0.2, 0) is 9.59 Å². The smallest absolute Gasteiger partial charge is 0.355 e. The summed E-state index contributed by atoms with van der Waals surface area (Å²) < 4.78 is 38.4. The Kier molecular flexibility index (Phi) is 6.92. The van der Waals surface area contributed by atoms with Crippen molar-refractivity contribution in [3.05, 3.63) is 0 Å². The van der Waals surface area contributed by atoms with Gasteiger partial charge in [-0.3, -0.25) is 9.59 Å². The molecule has 0 aromatic rings. The molecule has 0 aromatic heterocycles. The summed E-state index contributed by atoms with van der Waals surface area (Å²) in [6.07, 6.45) is 1.22. The van der Waals surface area contributed by atoms with Crippen molar-refractivity contribution in [1.29, 1.82) is 0 Å². The van der Waals surface area contributed by atoms with Crippen molar-refractivity contribution in [1.82, 2.24) is 10.2 Å². The lowest BCUT2D eigenvalue weighted by atomic mass is 9.80. The van der Waals surface area contributed by atoms with Crippen LogP contribution in [0.1, 0.15) is 57.8 Å². The lowest BCUT2D eigenvalue weighted by Crippen LogP contribution is -2.39. The van der Waals surface area contributed by atoms with E-state index in [9.17, 15) is 22.8 Å². The number of nitrogens with one attached hydrogen (secondary N) is 1. The third-order valence-electron chi connectivity index (χ3n) is 5.10. The SMILES string of the molecule is O=C(NCCC(=O)N1CCCCCC1)[C@H]1CCC[C@H](C(F)(F)F)C1. The van der Waals surface area contributed by atoms with E-state index in [1.54, 1.807) is 0 Å². The number of halogens is 3. The van der Waals surface area contributed by atoms with Crippen LogP contribution in [0.3, 0.4) is 0 Å². The van der Waals surface area contributed by atoms with Crippen molar-refractivity contribution in [3.63, 3.8) is 0 Å². The van der Waals surface area contributed by atoms with Gasteiger partial charge >= 0.3 is 6.18 Å². The van der Waals surface area contributed by atoms with Gasteiger partial charge in [0.15, 0.2) is 0 Å². The molecule has 7 heteroatoms. The number of likely N-dealkylation sites (tertiary alicyclic amines) is 1. The minimum absolute atomic E-state index is 0.0222. The van der Waals surface area contributed by atoms with Crippen molar-refractivity contribution in [3.8, 4) is 0 Å². The summed E-state index contributed by atoms with van der Waals surface area (Å²) in [6, 6.07) is 0. The summed E-state index contributed by atoms with van der Waals surface area (Å²) in [5.74, 6) is -2.28. The highest BCUT2D eigenvalue weighted by Gasteiger charge is 2.43. The van der Waals surface area contributed by atoms with Crippen LogP contribution in [0, 0.1) is 11.8 Å². The Bertz CT molecular complexity index is 432. The maximum absolute atomic E-state index is 12.8. The molecule has 2 fully saturated rings. The summed E-state index contributed by atoms with van der Waals surface area (Å²) in [6.45, 7) is 1.74. The van der Waals surface area contributed by atoms with Crippen LogP contribution >= 0.6 is 0 Å². The Morgan fingerprint density at radius 2 is 1.67 bits per heavy atom. The molecule has 138 valence electrons. The van der Waals surface area contributed by atoms with E-state index in [-0.39, 0.29) is 37.6 Å². The Morgan fingerprint density at radius 3 is 2.29 bits per heavy atom. The molecule has 1 aliphatic carbocycles. The average molecular weight is 348 g/mol. The van der Waals surface area contributed by atoms with Gasteiger partial charge in [-0.15, -0.1) is 0 Å². The Labute approximate surface area is 141 Å². The Morgan fingerprint density at radius 1 is 1.00 bits per heavy atom. The number of rotatable bonds is 4. The summed E-state index contributed by atoms with van der Waals surface area (Å²) in [5, 5.41) is 2.66. The van der Waals surface area contributed by atoms with E-state index in [0.29, 0.717) is 12.8 Å². The van der Waals surface area contributed by atoms with Gasteiger partial charge in [-0.25, -0.2) is 0 Å². The van der Waals surface area contributed by atoms with Crippen LogP contribution in [0.2, 0.25) is 0 Å². The van der Waals surface area contributed by atoms with E-state index in [1.807, 2.05) is 4.90 Å². The van der Waals surface area contributed by atoms with Gasteiger partial charge in [0, 0.05) is 32.0 Å². The molecule has 2 rings (SSSR count). The van der Waals surface area contributed by atoms with E-state index in [2.05, 4.69) is 5.32 Å². The second-order valence-electron chi connectivity index (χ2n) is 6.94. The fraction of sp³-hybridized carbons (Fsp3) is 0.882. The summed E-state index contributed by atoms with van der Waals surface area (Å²) in [5.41, 5.74) is 0. The molecule has 1 heterocycles. The molecule has 0 radical (unpaired) electrons. The first-order chi connectivity index (χ1) is 11.4. The molecule has 4 nitrogen and oxygen atoms in total. The highest BCUT2D eigenvalue weighted by Crippen LogP contribution is 2.39. The molecular formula is C17H27F3N2O2. The van der Waals surface area contributed by atoms with Gasteiger partial charge in [0.25, 0.3) is 0 Å². The number of hydrogen-bond donors (Lipinski definition) is 1. The van der Waals surface area contributed by atoms with Crippen molar-refractivity contribution in [2.45, 2.75) is 64.0 Å². The number of carbonyl (C=O) groups is 2. The van der Waals surface area contributed by atoms with Gasteiger partial charge in [0.05, 0.1) is 5.92 Å². The molecule has 0 unspecified atom stereocenters. The number of amides is 2. The van der Waals surface area contributed by atoms with E-state index in [0.717, 1.165) is 38.8 Å². The first-order valence-electron chi connectivity index (χ1n) is 9.00. The van der Waals surface area contributed by atoms with E-state index in [4.69, 9.17) is 0 Å². The van der Waals surface area contributed by atoms with Gasteiger partial charge in [0.2, 0.25) is 11.8 Å². The molecule has 2 aliphatic rings. The molecular weight excluding hydrogens is 321 g/mol. The van der Waals surface area contributed by atoms with Crippen molar-refractivity contribution in [2.75, 3.05) is 19.6 Å². The van der Waals surface area contributed by atoms with Crippen LogP contribution in [-0.4, -0.2) is 42.5 Å². The number of hydrogen-bond acceptors (Lipinski definition) is 2. The van der Waals surface area contributed by atoms with Crippen LogP contribution in [0.25, 0.3) is 0 Å². The third kappa shape index (κ3) is 5.67. The second-order valence-corrected chi connectivity index (χ2v) is 6.94. The van der Waals surface area contributed by atoms with Crippen molar-refractivity contribution < 1.29 is 22.8 Å². The fourth-order valence-electron chi connectivity index (χ4n) is 3.64. The van der Waals surface area contributed by atoms with Crippen molar-refractivity contribution in [2.24, 2.45) is 11.8 Å². The predicted molar refractivity (Wildman–Crippen MR) is 84.2 cm³/mol. The molecule has 0 aromatic carbocycles. The summed E-state index contributed by atoms with van der Waals surface area (Å²) in [7, 11) is 0. The fourth-order valence-corrected chi connectivity index (χ4v) is 3.64. The van der Waals surface area contributed by atoms with Gasteiger partial charge in [-0.05, 0) is 32.1 Å². The van der Waals surface area contributed by atoms with Crippen LogP contribution in [0.4, 0.5) is 13.2 Å². The zero-order valence-electron chi connectivity index (χ0n) is 14.0. The maximum atomic E-state index is 12.8.